The molecule has 0 unspecified atom stereocenters. The Kier molecular flexibility index (Phi) is 7.27. The van der Waals surface area contributed by atoms with E-state index in [2.05, 4.69) is 19.9 Å². The van der Waals surface area contributed by atoms with Gasteiger partial charge in [0.05, 0.1) is 35.7 Å². The van der Waals surface area contributed by atoms with E-state index in [1.54, 1.807) is 19.1 Å². The zero-order valence-electron chi connectivity index (χ0n) is 14.7. The second-order valence-electron chi connectivity index (χ2n) is 5.24. The zero-order valence-corrected chi connectivity index (χ0v) is 19.3. The Morgan fingerprint density at radius 2 is 1.37 bits per heavy atom. The molecule has 0 aliphatic rings. The number of fused-ring (bicyclic) bond motifs is 2. The van der Waals surface area contributed by atoms with Crippen molar-refractivity contribution in [1.29, 1.82) is 0 Å². The quantitative estimate of drug-likeness (QED) is 0.260. The molecule has 0 aliphatic heterocycles. The molecule has 0 amide bonds. The summed E-state index contributed by atoms with van der Waals surface area (Å²) in [5.41, 5.74) is 1.06. The van der Waals surface area contributed by atoms with Crippen LogP contribution in [0.2, 0.25) is 19.2 Å². The van der Waals surface area contributed by atoms with Gasteiger partial charge in [-0.25, -0.2) is 29.5 Å². The molecule has 0 aromatic carbocycles. The number of thiophene rings is 2. The van der Waals surface area contributed by atoms with E-state index in [9.17, 15) is 9.59 Å². The monoisotopic (exact) mass is 524 g/mol. The van der Waals surface area contributed by atoms with Gasteiger partial charge in [-0.3, -0.25) is 0 Å². The maximum Gasteiger partial charge on any atom is 0.358 e. The molecule has 0 spiro atoms. The average Bonchev–Trinajstić information content (AvgIpc) is 3.21. The first-order valence-corrected chi connectivity index (χ1v) is 11.0. The second-order valence-corrected chi connectivity index (χ2v) is 9.28. The summed E-state index contributed by atoms with van der Waals surface area (Å²) in [6, 6.07) is 3.19. The van der Waals surface area contributed by atoms with E-state index in [0.717, 1.165) is 11.3 Å². The van der Waals surface area contributed by atoms with Crippen LogP contribution in [0.15, 0.2) is 12.1 Å². The van der Waals surface area contributed by atoms with Crippen LogP contribution in [0.1, 0.15) is 27.9 Å². The minimum atomic E-state index is -1.14. The third-order valence-corrected chi connectivity index (χ3v) is 6.16. The summed E-state index contributed by atoms with van der Waals surface area (Å²) in [5.74, 6) is -1.66. The molecule has 1 N–H and O–H groups in total. The Bertz CT molecular complexity index is 1280. The van der Waals surface area contributed by atoms with Crippen LogP contribution in [0.3, 0.4) is 0 Å². The van der Waals surface area contributed by atoms with E-state index in [4.69, 9.17) is 56.2 Å². The van der Waals surface area contributed by atoms with Crippen molar-refractivity contribution in [1.82, 2.24) is 19.9 Å². The number of hydrogen-bond acceptors (Lipinski definition) is 9. The van der Waals surface area contributed by atoms with Crippen LogP contribution < -0.4 is 0 Å². The molecule has 0 aliphatic carbocycles. The topological polar surface area (TPSA) is 115 Å². The van der Waals surface area contributed by atoms with E-state index < -0.39 is 11.9 Å². The smallest absolute Gasteiger partial charge is 0.358 e. The van der Waals surface area contributed by atoms with Gasteiger partial charge in [0.25, 0.3) is 0 Å². The molecule has 0 radical (unpaired) electrons. The number of nitrogens with zero attached hydrogens (tertiary/aromatic N) is 4. The normalized spacial score (nSPS) is 10.7. The predicted octanol–water partition coefficient (Wildman–Crippen LogP) is 5.87. The first kappa shape index (κ1) is 22.9. The number of rotatable bonds is 3. The van der Waals surface area contributed by atoms with E-state index >= 15 is 0 Å². The highest BCUT2D eigenvalue weighted by molar-refractivity contribution is 7.23. The summed E-state index contributed by atoms with van der Waals surface area (Å²) < 4.78 is 6.89. The van der Waals surface area contributed by atoms with Crippen LogP contribution in [0.5, 0.6) is 0 Å². The predicted molar refractivity (Wildman–Crippen MR) is 118 cm³/mol. The van der Waals surface area contributed by atoms with Crippen molar-refractivity contribution in [2.75, 3.05) is 6.61 Å². The zero-order chi connectivity index (χ0) is 22.0. The summed E-state index contributed by atoms with van der Waals surface area (Å²) in [5, 5.41) is 8.74. The van der Waals surface area contributed by atoms with Gasteiger partial charge >= 0.3 is 11.9 Å². The van der Waals surface area contributed by atoms with Gasteiger partial charge in [-0.15, -0.1) is 22.7 Å². The molecular weight excluding hydrogens is 518 g/mol. The van der Waals surface area contributed by atoms with Gasteiger partial charge in [-0.1, -0.05) is 23.2 Å². The van der Waals surface area contributed by atoms with Crippen molar-refractivity contribution >= 4 is 101 Å². The molecule has 14 heteroatoms. The lowest BCUT2D eigenvalue weighted by Gasteiger charge is -2.01. The second kappa shape index (κ2) is 9.54. The fourth-order valence-electron chi connectivity index (χ4n) is 2.23. The standard InChI is InChI=1S/C9H6Cl2N2O2S.C7H2Cl2N2O2S/c1-2-15-8(14)6-7-4(3-5(10)16-7)12-9(11)13-6;8-3-1-2-5(14-3)4(6(12)13)11-7(9)10-2/h3H,2H2,1H3;1H,(H,12,13). The molecule has 0 atom stereocenters. The van der Waals surface area contributed by atoms with Crippen molar-refractivity contribution in [3.63, 3.8) is 0 Å². The fourth-order valence-corrected chi connectivity index (χ4v) is 4.85. The summed E-state index contributed by atoms with van der Waals surface area (Å²) in [6.07, 6.45) is 0. The Morgan fingerprint density at radius 1 is 0.900 bits per heavy atom. The van der Waals surface area contributed by atoms with Crippen LogP contribution in [0.4, 0.5) is 0 Å². The number of aromatic nitrogens is 4. The maximum absolute atomic E-state index is 11.6. The molecule has 156 valence electrons. The van der Waals surface area contributed by atoms with Gasteiger partial charge in [0.1, 0.15) is 0 Å². The minimum absolute atomic E-state index is 0.00465. The number of esters is 1. The van der Waals surface area contributed by atoms with Crippen LogP contribution in [-0.2, 0) is 4.74 Å². The minimum Gasteiger partial charge on any atom is -0.476 e. The lowest BCUT2D eigenvalue weighted by molar-refractivity contribution is 0.0521. The van der Waals surface area contributed by atoms with Gasteiger partial charge < -0.3 is 9.84 Å². The number of halogens is 4. The number of carbonyl (C=O) groups is 2. The third-order valence-electron chi connectivity index (χ3n) is 3.30. The Morgan fingerprint density at radius 3 is 1.83 bits per heavy atom. The summed E-state index contributed by atoms with van der Waals surface area (Å²) in [7, 11) is 0. The maximum atomic E-state index is 11.6. The van der Waals surface area contributed by atoms with Crippen molar-refractivity contribution in [3.05, 3.63) is 42.8 Å². The molecule has 0 saturated carbocycles. The number of carboxylic acid groups (broad SMARTS) is 1. The fraction of sp³-hybridized carbons (Fsp3) is 0.125. The van der Waals surface area contributed by atoms with E-state index in [-0.39, 0.29) is 28.6 Å². The molecule has 4 heterocycles. The molecule has 4 rings (SSSR count). The van der Waals surface area contributed by atoms with Crippen molar-refractivity contribution < 1.29 is 19.4 Å². The van der Waals surface area contributed by atoms with Crippen LogP contribution in [-0.4, -0.2) is 43.6 Å². The summed E-state index contributed by atoms with van der Waals surface area (Å²) in [4.78, 5) is 37.7. The Hall–Kier alpha value is -1.82. The number of carbonyl (C=O) groups excluding carboxylic acids is 1. The van der Waals surface area contributed by atoms with Crippen molar-refractivity contribution in [2.24, 2.45) is 0 Å². The Balaban J connectivity index is 0.000000172. The molecule has 4 aromatic heterocycles. The lowest BCUT2D eigenvalue weighted by Crippen LogP contribution is -2.07. The number of ether oxygens (including phenoxy) is 1. The number of carboxylic acids is 1. The first-order chi connectivity index (χ1) is 14.2. The SMILES string of the molecule is CCOC(=O)c1nc(Cl)nc2cc(Cl)sc12.O=C(O)c1nc(Cl)nc2cc(Cl)sc12. The summed E-state index contributed by atoms with van der Waals surface area (Å²) >= 11 is 25.2. The van der Waals surface area contributed by atoms with Gasteiger partial charge in [-0.2, -0.15) is 0 Å². The average molecular weight is 526 g/mol. The highest BCUT2D eigenvalue weighted by atomic mass is 35.5. The van der Waals surface area contributed by atoms with Crippen LogP contribution >= 0.6 is 69.1 Å². The van der Waals surface area contributed by atoms with E-state index in [1.165, 1.54) is 11.3 Å². The van der Waals surface area contributed by atoms with Crippen LogP contribution in [0.25, 0.3) is 20.4 Å². The third kappa shape index (κ3) is 5.08. The molecular formula is C16H8Cl4N4O4S2. The first-order valence-electron chi connectivity index (χ1n) is 7.85. The van der Waals surface area contributed by atoms with Crippen molar-refractivity contribution in [2.45, 2.75) is 6.92 Å². The molecule has 8 nitrogen and oxygen atoms in total. The van der Waals surface area contributed by atoms with Gasteiger partial charge in [0.15, 0.2) is 11.4 Å². The molecule has 30 heavy (non-hydrogen) atoms. The van der Waals surface area contributed by atoms with Gasteiger partial charge in [-0.05, 0) is 42.3 Å². The van der Waals surface area contributed by atoms with E-state index in [1.807, 2.05) is 0 Å². The highest BCUT2D eigenvalue weighted by Crippen LogP contribution is 2.32. The molecule has 0 saturated heterocycles. The van der Waals surface area contributed by atoms with Gasteiger partial charge in [0, 0.05) is 0 Å². The molecule has 0 bridgehead atoms. The number of aromatic carboxylic acids is 1. The van der Waals surface area contributed by atoms with Crippen molar-refractivity contribution in [3.8, 4) is 0 Å². The lowest BCUT2D eigenvalue weighted by atomic mass is 10.3. The Labute approximate surface area is 196 Å². The van der Waals surface area contributed by atoms with E-state index in [0.29, 0.717) is 29.1 Å². The van der Waals surface area contributed by atoms with Gasteiger partial charge in [0.2, 0.25) is 10.6 Å². The largest absolute Gasteiger partial charge is 0.476 e. The number of hydrogen-bond donors (Lipinski definition) is 1. The van der Waals surface area contributed by atoms with Crippen LogP contribution in [0, 0.1) is 0 Å². The molecule has 0 fully saturated rings. The summed E-state index contributed by atoms with van der Waals surface area (Å²) in [6.45, 7) is 2.00. The highest BCUT2D eigenvalue weighted by Gasteiger charge is 2.18. The molecule has 4 aromatic rings.